The minimum Gasteiger partial charge on any atom is -0.356 e. The highest BCUT2D eigenvalue weighted by Crippen LogP contribution is 2.34. The number of anilines is 1. The van der Waals surface area contributed by atoms with Gasteiger partial charge in [0.25, 0.3) is 0 Å². The molecule has 0 bridgehead atoms. The topological polar surface area (TPSA) is 52.6 Å². The normalized spacial score (nSPS) is 20.7. The van der Waals surface area contributed by atoms with E-state index in [1.165, 1.54) is 12.8 Å². The van der Waals surface area contributed by atoms with Gasteiger partial charge in [-0.05, 0) is 31.2 Å². The Morgan fingerprint density at radius 3 is 2.69 bits per heavy atom. The van der Waals surface area contributed by atoms with Gasteiger partial charge in [0.2, 0.25) is 0 Å². The molecule has 1 aliphatic carbocycles. The second-order valence-electron chi connectivity index (χ2n) is 6.50. The van der Waals surface area contributed by atoms with Gasteiger partial charge >= 0.3 is 6.18 Å². The Balaban J connectivity index is 0.00000243. The molecule has 1 saturated carbocycles. The molecule has 0 radical (unpaired) electrons. The number of nitrogens with zero attached hydrogens (tertiary/aromatic N) is 3. The highest BCUT2D eigenvalue weighted by atomic mass is 127. The number of nitrogens with one attached hydrogen (secondary N) is 2. The molecule has 1 unspecified atom stereocenters. The van der Waals surface area contributed by atoms with E-state index < -0.39 is 11.7 Å². The number of rotatable bonds is 4. The maximum atomic E-state index is 12.7. The fourth-order valence-corrected chi connectivity index (χ4v) is 3.13. The number of aliphatic imine (C=N–C) groups is 1. The average Bonchev–Trinajstić information content (AvgIpc) is 3.28. The van der Waals surface area contributed by atoms with E-state index in [1.54, 1.807) is 7.05 Å². The van der Waals surface area contributed by atoms with E-state index in [9.17, 15) is 13.2 Å². The lowest BCUT2D eigenvalue weighted by atomic mass is 10.2. The molecule has 146 valence electrons. The van der Waals surface area contributed by atoms with Crippen molar-refractivity contribution in [3.63, 3.8) is 0 Å². The summed E-state index contributed by atoms with van der Waals surface area (Å²) in [5, 5.41) is 6.67. The second-order valence-corrected chi connectivity index (χ2v) is 6.91. The number of guanidine groups is 1. The highest BCUT2D eigenvalue weighted by molar-refractivity contribution is 14.0. The van der Waals surface area contributed by atoms with E-state index >= 15 is 0 Å². The van der Waals surface area contributed by atoms with Gasteiger partial charge in [0, 0.05) is 38.9 Å². The van der Waals surface area contributed by atoms with Crippen molar-refractivity contribution in [3.05, 3.63) is 22.8 Å². The number of hydrogen-bond donors (Lipinski definition) is 2. The zero-order valence-corrected chi connectivity index (χ0v) is 17.4. The molecule has 5 nitrogen and oxygen atoms in total. The Kier molecular flexibility index (Phi) is 7.23. The van der Waals surface area contributed by atoms with Gasteiger partial charge in [-0.1, -0.05) is 11.6 Å². The first-order valence-corrected chi connectivity index (χ1v) is 8.69. The van der Waals surface area contributed by atoms with Gasteiger partial charge in [-0.3, -0.25) is 4.99 Å². The van der Waals surface area contributed by atoms with Crippen LogP contribution in [0.25, 0.3) is 0 Å². The van der Waals surface area contributed by atoms with Crippen LogP contribution < -0.4 is 15.5 Å². The Morgan fingerprint density at radius 2 is 2.12 bits per heavy atom. The molecular formula is C16H22ClF3IN5. The van der Waals surface area contributed by atoms with E-state index in [0.29, 0.717) is 18.9 Å². The summed E-state index contributed by atoms with van der Waals surface area (Å²) in [6.07, 6.45) is -0.246. The van der Waals surface area contributed by atoms with Gasteiger partial charge < -0.3 is 15.5 Å². The van der Waals surface area contributed by atoms with Crippen LogP contribution in [0.4, 0.5) is 19.0 Å². The van der Waals surface area contributed by atoms with Crippen molar-refractivity contribution in [2.75, 3.05) is 31.6 Å². The molecule has 3 rings (SSSR count). The first-order chi connectivity index (χ1) is 11.9. The minimum atomic E-state index is -4.44. The zero-order chi connectivity index (χ0) is 18.0. The molecule has 0 spiro atoms. The molecule has 2 aliphatic rings. The van der Waals surface area contributed by atoms with Gasteiger partial charge in [-0.15, -0.1) is 24.0 Å². The summed E-state index contributed by atoms with van der Waals surface area (Å²) < 4.78 is 38.1. The molecule has 2 fully saturated rings. The zero-order valence-electron chi connectivity index (χ0n) is 14.3. The lowest BCUT2D eigenvalue weighted by Crippen LogP contribution is -2.45. The Bertz CT molecular complexity index is 651. The van der Waals surface area contributed by atoms with E-state index in [0.717, 1.165) is 37.1 Å². The first kappa shape index (κ1) is 21.3. The van der Waals surface area contributed by atoms with Crippen molar-refractivity contribution < 1.29 is 13.2 Å². The summed E-state index contributed by atoms with van der Waals surface area (Å²) in [5.41, 5.74) is -0.834. The van der Waals surface area contributed by atoms with Crippen LogP contribution in [0.1, 0.15) is 24.8 Å². The first-order valence-electron chi connectivity index (χ1n) is 8.31. The van der Waals surface area contributed by atoms with Crippen molar-refractivity contribution in [2.45, 2.75) is 31.5 Å². The lowest BCUT2D eigenvalue weighted by Gasteiger charge is -2.21. The van der Waals surface area contributed by atoms with Crippen molar-refractivity contribution in [1.29, 1.82) is 0 Å². The van der Waals surface area contributed by atoms with Crippen molar-refractivity contribution >= 4 is 47.4 Å². The molecule has 1 aromatic rings. The van der Waals surface area contributed by atoms with Crippen molar-refractivity contribution in [3.8, 4) is 0 Å². The number of halogens is 5. The maximum Gasteiger partial charge on any atom is 0.417 e. The van der Waals surface area contributed by atoms with Crippen LogP contribution in [0.3, 0.4) is 0 Å². The molecule has 1 saturated heterocycles. The fraction of sp³-hybridized carbons (Fsp3) is 0.625. The SMILES string of the molecule is CN=C(NCC1CC1)NC1CCN(c2ncc(C(F)(F)F)cc2Cl)C1.I. The molecule has 26 heavy (non-hydrogen) atoms. The highest BCUT2D eigenvalue weighted by Gasteiger charge is 2.33. The van der Waals surface area contributed by atoms with Gasteiger partial charge in [-0.25, -0.2) is 4.98 Å². The van der Waals surface area contributed by atoms with Gasteiger partial charge in [0.15, 0.2) is 5.96 Å². The van der Waals surface area contributed by atoms with E-state index in [1.807, 2.05) is 4.90 Å². The quantitative estimate of drug-likeness (QED) is 0.375. The van der Waals surface area contributed by atoms with Gasteiger partial charge in [-0.2, -0.15) is 13.2 Å². The molecule has 0 amide bonds. The number of aromatic nitrogens is 1. The van der Waals surface area contributed by atoms with Crippen LogP contribution in [-0.4, -0.2) is 43.7 Å². The van der Waals surface area contributed by atoms with Crippen LogP contribution in [0, 0.1) is 5.92 Å². The lowest BCUT2D eigenvalue weighted by molar-refractivity contribution is -0.137. The molecule has 1 aliphatic heterocycles. The predicted octanol–water partition coefficient (Wildman–Crippen LogP) is 3.53. The standard InChI is InChI=1S/C16H21ClF3N5.HI/c1-21-15(23-7-10-2-3-10)24-12-4-5-25(9-12)14-13(17)6-11(8-22-14)16(18,19)20;/h6,8,10,12H,2-5,7,9H2,1H3,(H2,21,23,24);1H. The summed E-state index contributed by atoms with van der Waals surface area (Å²) in [7, 11) is 1.73. The Morgan fingerprint density at radius 1 is 1.38 bits per heavy atom. The number of hydrogen-bond acceptors (Lipinski definition) is 3. The van der Waals surface area contributed by atoms with Crippen molar-refractivity contribution in [2.24, 2.45) is 10.9 Å². The Labute approximate surface area is 172 Å². The van der Waals surface area contributed by atoms with Crippen LogP contribution in [0.15, 0.2) is 17.3 Å². The molecule has 10 heteroatoms. The second kappa shape index (κ2) is 8.81. The summed E-state index contributed by atoms with van der Waals surface area (Å²) >= 11 is 6.03. The number of alkyl halides is 3. The predicted molar refractivity (Wildman–Crippen MR) is 108 cm³/mol. The van der Waals surface area contributed by atoms with E-state index in [-0.39, 0.29) is 35.0 Å². The summed E-state index contributed by atoms with van der Waals surface area (Å²) in [6, 6.07) is 1.08. The molecule has 0 aromatic carbocycles. The van der Waals surface area contributed by atoms with E-state index in [4.69, 9.17) is 11.6 Å². The fourth-order valence-electron chi connectivity index (χ4n) is 2.84. The monoisotopic (exact) mass is 503 g/mol. The molecule has 2 N–H and O–H groups in total. The summed E-state index contributed by atoms with van der Waals surface area (Å²) in [4.78, 5) is 10.0. The molecule has 2 heterocycles. The molecule has 1 atom stereocenters. The molecular weight excluding hydrogens is 482 g/mol. The largest absolute Gasteiger partial charge is 0.417 e. The third-order valence-corrected chi connectivity index (χ3v) is 4.73. The maximum absolute atomic E-state index is 12.7. The van der Waals surface area contributed by atoms with Crippen LogP contribution in [0.5, 0.6) is 0 Å². The third-order valence-electron chi connectivity index (χ3n) is 4.46. The van der Waals surface area contributed by atoms with Crippen LogP contribution >= 0.6 is 35.6 Å². The molecule has 1 aromatic heterocycles. The summed E-state index contributed by atoms with van der Waals surface area (Å²) in [6.45, 7) is 2.21. The van der Waals surface area contributed by atoms with E-state index in [2.05, 4.69) is 20.6 Å². The van der Waals surface area contributed by atoms with Crippen LogP contribution in [-0.2, 0) is 6.18 Å². The van der Waals surface area contributed by atoms with Gasteiger partial charge in [0.05, 0.1) is 10.6 Å². The summed E-state index contributed by atoms with van der Waals surface area (Å²) in [5.74, 6) is 1.89. The van der Waals surface area contributed by atoms with Gasteiger partial charge in [0.1, 0.15) is 5.82 Å². The average molecular weight is 504 g/mol. The third kappa shape index (κ3) is 5.51. The van der Waals surface area contributed by atoms with Crippen molar-refractivity contribution in [1.82, 2.24) is 15.6 Å². The number of pyridine rings is 1. The smallest absolute Gasteiger partial charge is 0.356 e. The Hall–Kier alpha value is -0.970. The van der Waals surface area contributed by atoms with Crippen LogP contribution in [0.2, 0.25) is 5.02 Å². The minimum absolute atomic E-state index is 0.